The minimum Gasteiger partial charge on any atom is -0.330 e. The quantitative estimate of drug-likeness (QED) is 0.757. The molecule has 1 atom stereocenters. The van der Waals surface area contributed by atoms with Gasteiger partial charge in [0.15, 0.2) is 11.0 Å². The Bertz CT molecular complexity index is 454. The highest BCUT2D eigenvalue weighted by atomic mass is 35.5. The summed E-state index contributed by atoms with van der Waals surface area (Å²) in [6.07, 6.45) is 3.37. The van der Waals surface area contributed by atoms with Crippen LogP contribution in [0.4, 0.5) is 5.82 Å². The number of amides is 1. The van der Waals surface area contributed by atoms with Gasteiger partial charge < -0.3 is 11.1 Å². The fourth-order valence-corrected chi connectivity index (χ4v) is 2.25. The number of nitrogens with one attached hydrogen (secondary N) is 1. The molecule has 1 aromatic rings. The normalized spacial score (nSPS) is 12.5. The molecule has 0 saturated heterocycles. The van der Waals surface area contributed by atoms with Crippen molar-refractivity contribution in [2.24, 2.45) is 17.6 Å². The Morgan fingerprint density at radius 2 is 2.05 bits per heavy atom. The van der Waals surface area contributed by atoms with Crippen LogP contribution in [0.1, 0.15) is 33.1 Å². The van der Waals surface area contributed by atoms with Crippen LogP contribution in [0.25, 0.3) is 0 Å². The molecule has 0 saturated carbocycles. The molecule has 0 aliphatic rings. The van der Waals surface area contributed by atoms with Gasteiger partial charge in [-0.15, -0.1) is 0 Å². The highest BCUT2D eigenvalue weighted by Crippen LogP contribution is 2.26. The molecule has 20 heavy (non-hydrogen) atoms. The van der Waals surface area contributed by atoms with E-state index in [1.54, 1.807) is 0 Å². The van der Waals surface area contributed by atoms with Gasteiger partial charge in [-0.2, -0.15) is 0 Å². The van der Waals surface area contributed by atoms with Crippen molar-refractivity contribution in [3.63, 3.8) is 0 Å². The van der Waals surface area contributed by atoms with Crippen LogP contribution in [0.3, 0.4) is 0 Å². The number of nitrogens with two attached hydrogens (primary N) is 1. The number of hydrogen-bond acceptors (Lipinski definition) is 4. The first-order valence-electron chi connectivity index (χ1n) is 6.61. The first kappa shape index (κ1) is 17.1. The molecular weight excluding hydrogens is 299 g/mol. The predicted molar refractivity (Wildman–Crippen MR) is 81.9 cm³/mol. The highest BCUT2D eigenvalue weighted by Gasteiger charge is 2.16. The van der Waals surface area contributed by atoms with E-state index < -0.39 is 0 Å². The van der Waals surface area contributed by atoms with Crippen molar-refractivity contribution in [2.45, 2.75) is 33.1 Å². The van der Waals surface area contributed by atoms with Gasteiger partial charge in [0.25, 0.3) is 0 Å². The van der Waals surface area contributed by atoms with Crippen LogP contribution < -0.4 is 11.1 Å². The molecule has 0 aliphatic heterocycles. The monoisotopic (exact) mass is 318 g/mol. The SMILES string of the molecule is CC(C)C(CCN)CCC(=O)Nc1ncnc(Cl)c1Cl. The molecule has 1 aromatic heterocycles. The van der Waals surface area contributed by atoms with E-state index in [9.17, 15) is 4.79 Å². The zero-order valence-corrected chi connectivity index (χ0v) is 13.2. The van der Waals surface area contributed by atoms with Gasteiger partial charge in [-0.25, -0.2) is 9.97 Å². The van der Waals surface area contributed by atoms with E-state index in [2.05, 4.69) is 29.1 Å². The first-order valence-corrected chi connectivity index (χ1v) is 7.37. The third kappa shape index (κ3) is 5.23. The maximum absolute atomic E-state index is 11.9. The summed E-state index contributed by atoms with van der Waals surface area (Å²) in [4.78, 5) is 19.5. The van der Waals surface area contributed by atoms with Crippen molar-refractivity contribution < 1.29 is 4.79 Å². The molecule has 1 amide bonds. The van der Waals surface area contributed by atoms with Gasteiger partial charge in [-0.3, -0.25) is 4.79 Å². The van der Waals surface area contributed by atoms with Crippen LogP contribution >= 0.6 is 23.2 Å². The number of carbonyl (C=O) groups excluding carboxylic acids is 1. The molecular formula is C13H20Cl2N4O. The highest BCUT2D eigenvalue weighted by molar-refractivity contribution is 6.42. The number of hydrogen-bond donors (Lipinski definition) is 2. The Morgan fingerprint density at radius 1 is 1.35 bits per heavy atom. The zero-order valence-electron chi connectivity index (χ0n) is 11.7. The summed E-state index contributed by atoms with van der Waals surface area (Å²) < 4.78 is 0. The summed E-state index contributed by atoms with van der Waals surface area (Å²) in [6.45, 7) is 4.91. The van der Waals surface area contributed by atoms with Crippen molar-refractivity contribution >= 4 is 34.9 Å². The Morgan fingerprint density at radius 3 is 2.65 bits per heavy atom. The van der Waals surface area contributed by atoms with Gasteiger partial charge in [-0.1, -0.05) is 37.0 Å². The second kappa shape index (κ2) is 8.39. The van der Waals surface area contributed by atoms with Crippen LogP contribution in [0.15, 0.2) is 6.33 Å². The minimum atomic E-state index is -0.135. The van der Waals surface area contributed by atoms with Crippen molar-refractivity contribution in [1.29, 1.82) is 0 Å². The van der Waals surface area contributed by atoms with Gasteiger partial charge in [0, 0.05) is 6.42 Å². The molecule has 5 nitrogen and oxygen atoms in total. The standard InChI is InChI=1S/C13H20Cl2N4O/c1-8(2)9(5-6-16)3-4-10(20)19-13-11(14)12(15)17-7-18-13/h7-9H,3-6,16H2,1-2H3,(H,17,18,19,20). The molecule has 7 heteroatoms. The van der Waals surface area contributed by atoms with Gasteiger partial charge >= 0.3 is 0 Å². The number of anilines is 1. The molecule has 1 heterocycles. The van der Waals surface area contributed by atoms with Crippen LogP contribution in [-0.4, -0.2) is 22.4 Å². The Balaban J connectivity index is 2.53. The lowest BCUT2D eigenvalue weighted by Gasteiger charge is -2.19. The van der Waals surface area contributed by atoms with Gasteiger partial charge in [0.05, 0.1) is 0 Å². The Kier molecular flexibility index (Phi) is 7.19. The smallest absolute Gasteiger partial charge is 0.225 e. The van der Waals surface area contributed by atoms with Crippen molar-refractivity contribution in [1.82, 2.24) is 9.97 Å². The summed E-state index contributed by atoms with van der Waals surface area (Å²) in [6, 6.07) is 0. The molecule has 0 bridgehead atoms. The average molecular weight is 319 g/mol. The summed E-state index contributed by atoms with van der Waals surface area (Å²) >= 11 is 11.7. The fraction of sp³-hybridized carbons (Fsp3) is 0.615. The van der Waals surface area contributed by atoms with Gasteiger partial charge in [0.1, 0.15) is 11.3 Å². The van der Waals surface area contributed by atoms with Crippen molar-refractivity contribution in [3.8, 4) is 0 Å². The first-order chi connectivity index (χ1) is 9.45. The third-order valence-corrected chi connectivity index (χ3v) is 3.97. The number of aromatic nitrogens is 2. The van der Waals surface area contributed by atoms with Crippen molar-refractivity contribution in [2.75, 3.05) is 11.9 Å². The van der Waals surface area contributed by atoms with Crippen LogP contribution in [0.2, 0.25) is 10.2 Å². The number of nitrogens with zero attached hydrogens (tertiary/aromatic N) is 2. The van der Waals surface area contributed by atoms with E-state index in [0.29, 0.717) is 24.8 Å². The van der Waals surface area contributed by atoms with E-state index in [1.807, 2.05) is 0 Å². The van der Waals surface area contributed by atoms with E-state index >= 15 is 0 Å². The Labute approximate surface area is 129 Å². The molecule has 1 unspecified atom stereocenters. The largest absolute Gasteiger partial charge is 0.330 e. The van der Waals surface area contributed by atoms with Gasteiger partial charge in [-0.05, 0) is 31.2 Å². The van der Waals surface area contributed by atoms with E-state index in [-0.39, 0.29) is 21.9 Å². The summed E-state index contributed by atoms with van der Waals surface area (Å²) in [5, 5.41) is 2.93. The lowest BCUT2D eigenvalue weighted by atomic mass is 9.88. The molecule has 3 N–H and O–H groups in total. The Hall–Kier alpha value is -0.910. The van der Waals surface area contributed by atoms with Crippen LogP contribution in [0.5, 0.6) is 0 Å². The molecule has 112 valence electrons. The predicted octanol–water partition coefficient (Wildman–Crippen LogP) is 3.12. The maximum atomic E-state index is 11.9. The second-order valence-corrected chi connectivity index (χ2v) is 5.73. The number of carbonyl (C=O) groups is 1. The summed E-state index contributed by atoms with van der Waals surface area (Å²) in [5.74, 6) is 1.06. The molecule has 0 radical (unpaired) electrons. The maximum Gasteiger partial charge on any atom is 0.225 e. The van der Waals surface area contributed by atoms with Crippen LogP contribution in [-0.2, 0) is 4.79 Å². The summed E-state index contributed by atoms with van der Waals surface area (Å²) in [5.41, 5.74) is 5.58. The topological polar surface area (TPSA) is 80.9 Å². The van der Waals surface area contributed by atoms with E-state index in [4.69, 9.17) is 28.9 Å². The molecule has 0 spiro atoms. The number of rotatable bonds is 7. The average Bonchev–Trinajstić information content (AvgIpc) is 2.39. The summed E-state index contributed by atoms with van der Waals surface area (Å²) in [7, 11) is 0. The zero-order chi connectivity index (χ0) is 15.1. The van der Waals surface area contributed by atoms with E-state index in [1.165, 1.54) is 6.33 Å². The molecule has 0 fully saturated rings. The van der Waals surface area contributed by atoms with Crippen molar-refractivity contribution in [3.05, 3.63) is 16.5 Å². The number of halogens is 2. The molecule has 0 aliphatic carbocycles. The third-order valence-electron chi connectivity index (χ3n) is 3.23. The second-order valence-electron chi connectivity index (χ2n) is 5.00. The minimum absolute atomic E-state index is 0.125. The lowest BCUT2D eigenvalue weighted by Crippen LogP contribution is -2.19. The molecule has 1 rings (SSSR count). The molecule has 0 aromatic carbocycles. The van der Waals surface area contributed by atoms with E-state index in [0.717, 1.165) is 12.8 Å². The van der Waals surface area contributed by atoms with Gasteiger partial charge in [0.2, 0.25) is 5.91 Å². The lowest BCUT2D eigenvalue weighted by molar-refractivity contribution is -0.116. The fourth-order valence-electron chi connectivity index (χ4n) is 1.97. The van der Waals surface area contributed by atoms with Crippen LogP contribution in [0, 0.1) is 11.8 Å².